The zero-order valence-corrected chi connectivity index (χ0v) is 12.8. The summed E-state index contributed by atoms with van der Waals surface area (Å²) in [6.45, 7) is 0.412. The first-order valence-corrected chi connectivity index (χ1v) is 7.17. The molecule has 2 aromatic carbocycles. The lowest BCUT2D eigenvalue weighted by atomic mass is 10.1. The van der Waals surface area contributed by atoms with Crippen molar-refractivity contribution in [1.82, 2.24) is 10.6 Å². The SMILES string of the molecule is COc1ccc(CCNC(=O)NC(=O)c2ccccc2N)cc1. The summed E-state index contributed by atoms with van der Waals surface area (Å²) >= 11 is 0. The lowest BCUT2D eigenvalue weighted by Crippen LogP contribution is -2.40. The van der Waals surface area contributed by atoms with Gasteiger partial charge in [-0.25, -0.2) is 4.79 Å². The topological polar surface area (TPSA) is 93.5 Å². The second kappa shape index (κ2) is 7.84. The number of benzene rings is 2. The Hall–Kier alpha value is -3.02. The first-order chi connectivity index (χ1) is 11.1. The summed E-state index contributed by atoms with van der Waals surface area (Å²) in [7, 11) is 1.61. The molecule has 0 bridgehead atoms. The molecular formula is C17H19N3O3. The summed E-state index contributed by atoms with van der Waals surface area (Å²) in [5.74, 6) is 0.260. The molecule has 6 nitrogen and oxygen atoms in total. The van der Waals surface area contributed by atoms with E-state index in [-0.39, 0.29) is 5.56 Å². The van der Waals surface area contributed by atoms with Gasteiger partial charge >= 0.3 is 6.03 Å². The normalized spacial score (nSPS) is 9.96. The minimum atomic E-state index is -0.549. The minimum Gasteiger partial charge on any atom is -0.497 e. The summed E-state index contributed by atoms with van der Waals surface area (Å²) in [6, 6.07) is 13.6. The molecular weight excluding hydrogens is 294 g/mol. The molecule has 23 heavy (non-hydrogen) atoms. The van der Waals surface area contributed by atoms with Crippen molar-refractivity contribution >= 4 is 17.6 Å². The Morgan fingerprint density at radius 1 is 1.09 bits per heavy atom. The molecule has 6 heteroatoms. The lowest BCUT2D eigenvalue weighted by Gasteiger charge is -2.08. The molecule has 2 rings (SSSR count). The fourth-order valence-corrected chi connectivity index (χ4v) is 2.03. The van der Waals surface area contributed by atoms with E-state index in [1.807, 2.05) is 24.3 Å². The number of imide groups is 1. The second-order valence-electron chi connectivity index (χ2n) is 4.90. The van der Waals surface area contributed by atoms with E-state index in [2.05, 4.69) is 10.6 Å². The number of ether oxygens (including phenoxy) is 1. The molecule has 4 N–H and O–H groups in total. The van der Waals surface area contributed by atoms with Crippen molar-refractivity contribution in [3.63, 3.8) is 0 Å². The summed E-state index contributed by atoms with van der Waals surface area (Å²) in [4.78, 5) is 23.6. The summed E-state index contributed by atoms with van der Waals surface area (Å²) in [5, 5.41) is 4.89. The van der Waals surface area contributed by atoms with Crippen LogP contribution in [-0.4, -0.2) is 25.6 Å². The van der Waals surface area contributed by atoms with Gasteiger partial charge in [-0.1, -0.05) is 24.3 Å². The standard InChI is InChI=1S/C17H19N3O3/c1-23-13-8-6-12(7-9-13)10-11-19-17(22)20-16(21)14-4-2-3-5-15(14)18/h2-9H,10-11,18H2,1H3,(H2,19,20,21,22). The quantitative estimate of drug-likeness (QED) is 0.736. The van der Waals surface area contributed by atoms with E-state index in [9.17, 15) is 9.59 Å². The lowest BCUT2D eigenvalue weighted by molar-refractivity contribution is 0.0965. The van der Waals surface area contributed by atoms with Crippen LogP contribution >= 0.6 is 0 Å². The molecule has 0 aliphatic heterocycles. The van der Waals surface area contributed by atoms with Crippen LogP contribution in [0.25, 0.3) is 0 Å². The van der Waals surface area contributed by atoms with Gasteiger partial charge in [0.05, 0.1) is 12.7 Å². The van der Waals surface area contributed by atoms with Crippen LogP contribution in [0.5, 0.6) is 5.75 Å². The number of hydrogen-bond acceptors (Lipinski definition) is 4. The number of amides is 3. The summed E-state index contributed by atoms with van der Waals surface area (Å²) in [6.07, 6.45) is 0.652. The smallest absolute Gasteiger partial charge is 0.321 e. The van der Waals surface area contributed by atoms with E-state index in [1.165, 1.54) is 0 Å². The molecule has 0 spiro atoms. The van der Waals surface area contributed by atoms with Crippen LogP contribution in [0, 0.1) is 0 Å². The molecule has 120 valence electrons. The fourth-order valence-electron chi connectivity index (χ4n) is 2.03. The maximum atomic E-state index is 11.9. The van der Waals surface area contributed by atoms with E-state index < -0.39 is 11.9 Å². The van der Waals surface area contributed by atoms with Crippen LogP contribution in [0.15, 0.2) is 48.5 Å². The Labute approximate surface area is 134 Å². The van der Waals surface area contributed by atoms with Crippen molar-refractivity contribution in [1.29, 1.82) is 0 Å². The number of anilines is 1. The molecule has 0 unspecified atom stereocenters. The van der Waals surface area contributed by atoms with E-state index in [0.717, 1.165) is 11.3 Å². The minimum absolute atomic E-state index is 0.276. The highest BCUT2D eigenvalue weighted by atomic mass is 16.5. The largest absolute Gasteiger partial charge is 0.497 e. The maximum absolute atomic E-state index is 11.9. The van der Waals surface area contributed by atoms with Crippen LogP contribution in [0.1, 0.15) is 15.9 Å². The molecule has 0 radical (unpaired) electrons. The first kappa shape index (κ1) is 16.4. The van der Waals surface area contributed by atoms with Crippen LogP contribution in [-0.2, 0) is 6.42 Å². The summed E-state index contributed by atoms with van der Waals surface area (Å²) in [5.41, 5.74) is 7.36. The number of carbonyl (C=O) groups is 2. The van der Waals surface area contributed by atoms with Crippen molar-refractivity contribution in [3.05, 3.63) is 59.7 Å². The van der Waals surface area contributed by atoms with Crippen LogP contribution in [0.2, 0.25) is 0 Å². The zero-order valence-electron chi connectivity index (χ0n) is 12.8. The Morgan fingerprint density at radius 3 is 2.43 bits per heavy atom. The van der Waals surface area contributed by atoms with Crippen LogP contribution in [0.4, 0.5) is 10.5 Å². The molecule has 0 heterocycles. The van der Waals surface area contributed by atoms with Gasteiger partial charge in [-0.05, 0) is 36.2 Å². The first-order valence-electron chi connectivity index (χ1n) is 7.17. The summed E-state index contributed by atoms with van der Waals surface area (Å²) < 4.78 is 5.08. The number of methoxy groups -OCH3 is 1. The van der Waals surface area contributed by atoms with Crippen LogP contribution in [0.3, 0.4) is 0 Å². The molecule has 0 saturated carbocycles. The molecule has 0 aromatic heterocycles. The third-order valence-electron chi connectivity index (χ3n) is 3.29. The van der Waals surface area contributed by atoms with Gasteiger partial charge in [0, 0.05) is 12.2 Å². The highest BCUT2D eigenvalue weighted by Crippen LogP contribution is 2.11. The number of para-hydroxylation sites is 1. The number of hydrogen-bond donors (Lipinski definition) is 3. The third kappa shape index (κ3) is 4.74. The number of carbonyl (C=O) groups excluding carboxylic acids is 2. The Morgan fingerprint density at radius 2 is 1.78 bits per heavy atom. The van der Waals surface area contributed by atoms with Gasteiger partial charge in [0.15, 0.2) is 0 Å². The van der Waals surface area contributed by atoms with Gasteiger partial charge in [0.1, 0.15) is 5.75 Å². The molecule has 0 aliphatic carbocycles. The van der Waals surface area contributed by atoms with E-state index in [0.29, 0.717) is 18.7 Å². The average molecular weight is 313 g/mol. The highest BCUT2D eigenvalue weighted by molar-refractivity contribution is 6.07. The van der Waals surface area contributed by atoms with E-state index >= 15 is 0 Å². The van der Waals surface area contributed by atoms with Crippen molar-refractivity contribution < 1.29 is 14.3 Å². The Kier molecular flexibility index (Phi) is 5.57. The number of urea groups is 1. The van der Waals surface area contributed by atoms with Crippen molar-refractivity contribution in [2.75, 3.05) is 19.4 Å². The second-order valence-corrected chi connectivity index (χ2v) is 4.90. The number of nitrogens with two attached hydrogens (primary N) is 1. The third-order valence-corrected chi connectivity index (χ3v) is 3.29. The van der Waals surface area contributed by atoms with E-state index in [4.69, 9.17) is 10.5 Å². The van der Waals surface area contributed by atoms with Crippen LogP contribution < -0.4 is 21.1 Å². The van der Waals surface area contributed by atoms with Gasteiger partial charge < -0.3 is 15.8 Å². The number of rotatable bonds is 5. The highest BCUT2D eigenvalue weighted by Gasteiger charge is 2.12. The molecule has 0 atom stereocenters. The molecule has 0 aliphatic rings. The Balaban J connectivity index is 1.78. The van der Waals surface area contributed by atoms with Gasteiger partial charge in [-0.15, -0.1) is 0 Å². The number of nitrogen functional groups attached to an aromatic ring is 1. The van der Waals surface area contributed by atoms with Crippen molar-refractivity contribution in [2.24, 2.45) is 0 Å². The molecule has 0 saturated heterocycles. The van der Waals surface area contributed by atoms with Gasteiger partial charge in [0.2, 0.25) is 0 Å². The van der Waals surface area contributed by atoms with E-state index in [1.54, 1.807) is 31.4 Å². The molecule has 0 fully saturated rings. The predicted octanol–water partition coefficient (Wildman–Crippen LogP) is 1.96. The van der Waals surface area contributed by atoms with Gasteiger partial charge in [-0.3, -0.25) is 10.1 Å². The average Bonchev–Trinajstić information content (AvgIpc) is 2.55. The monoisotopic (exact) mass is 313 g/mol. The fraction of sp³-hybridized carbons (Fsp3) is 0.176. The Bertz CT molecular complexity index is 684. The molecule has 2 aromatic rings. The van der Waals surface area contributed by atoms with Crippen molar-refractivity contribution in [3.8, 4) is 5.75 Å². The van der Waals surface area contributed by atoms with Gasteiger partial charge in [0.25, 0.3) is 5.91 Å². The van der Waals surface area contributed by atoms with Crippen molar-refractivity contribution in [2.45, 2.75) is 6.42 Å². The van der Waals surface area contributed by atoms with Gasteiger partial charge in [-0.2, -0.15) is 0 Å². The number of nitrogens with one attached hydrogen (secondary N) is 2. The molecule has 3 amide bonds. The predicted molar refractivity (Wildman–Crippen MR) is 88.4 cm³/mol. The zero-order chi connectivity index (χ0) is 16.7. The maximum Gasteiger partial charge on any atom is 0.321 e.